The molecule has 1 heterocycles. The van der Waals surface area contributed by atoms with Gasteiger partial charge in [-0.25, -0.2) is 17.8 Å². The first kappa shape index (κ1) is 25.3. The summed E-state index contributed by atoms with van der Waals surface area (Å²) < 4.78 is 67.4. The van der Waals surface area contributed by atoms with Crippen molar-refractivity contribution in [1.82, 2.24) is 19.7 Å². The highest BCUT2D eigenvalue weighted by molar-refractivity contribution is 7.90. The highest BCUT2D eigenvalue weighted by atomic mass is 35.5. The van der Waals surface area contributed by atoms with Crippen molar-refractivity contribution in [3.05, 3.63) is 68.4 Å². The summed E-state index contributed by atoms with van der Waals surface area (Å²) >= 11 is 17.9. The van der Waals surface area contributed by atoms with Gasteiger partial charge in [-0.05, 0) is 42.3 Å². The van der Waals surface area contributed by atoms with Gasteiger partial charge in [-0.2, -0.15) is 13.2 Å². The Labute approximate surface area is 201 Å². The molecule has 0 aliphatic heterocycles. The number of hydrogen-bond donors (Lipinski definition) is 1. The van der Waals surface area contributed by atoms with Gasteiger partial charge in [0.2, 0.25) is 0 Å². The molecule has 0 aliphatic rings. The fraction of sp³-hybridized carbons (Fsp3) is 0.211. The van der Waals surface area contributed by atoms with E-state index in [0.717, 1.165) is 6.07 Å². The highest BCUT2D eigenvalue weighted by Gasteiger charge is 2.34. The Morgan fingerprint density at radius 2 is 1.73 bits per heavy atom. The number of nitrogens with zero attached hydrogens (tertiary/aromatic N) is 3. The molecule has 0 radical (unpaired) electrons. The minimum absolute atomic E-state index is 0.199. The molecule has 0 fully saturated rings. The molecular formula is C19H14Cl3F3N4O3S. The predicted molar refractivity (Wildman–Crippen MR) is 117 cm³/mol. The van der Waals surface area contributed by atoms with E-state index in [-0.39, 0.29) is 22.3 Å². The first-order valence-corrected chi connectivity index (χ1v) is 11.7. The quantitative estimate of drug-likeness (QED) is 0.461. The van der Waals surface area contributed by atoms with Gasteiger partial charge in [-0.15, -0.1) is 5.10 Å². The number of carbonyl (C=O) groups excluding carboxylic acids is 1. The van der Waals surface area contributed by atoms with Crippen LogP contribution < -0.4 is 4.72 Å². The van der Waals surface area contributed by atoms with Gasteiger partial charge < -0.3 is 0 Å². The Morgan fingerprint density at radius 1 is 1.06 bits per heavy atom. The molecule has 0 atom stereocenters. The van der Waals surface area contributed by atoms with Crippen molar-refractivity contribution < 1.29 is 26.4 Å². The lowest BCUT2D eigenvalue weighted by atomic mass is 10.1. The zero-order chi connectivity index (χ0) is 24.7. The maximum Gasteiger partial charge on any atom is 0.416 e. The van der Waals surface area contributed by atoms with Crippen LogP contribution in [0.4, 0.5) is 13.2 Å². The Hall–Kier alpha value is -2.34. The number of carbonyl (C=O) groups is 1. The van der Waals surface area contributed by atoms with Crippen LogP contribution in [0.15, 0.2) is 41.3 Å². The summed E-state index contributed by atoms with van der Waals surface area (Å²) in [6, 6.07) is 6.26. The molecular weight excluding hydrogens is 528 g/mol. The summed E-state index contributed by atoms with van der Waals surface area (Å²) in [6.45, 7) is 3.40. The van der Waals surface area contributed by atoms with Crippen molar-refractivity contribution in [3.63, 3.8) is 0 Å². The molecule has 1 aromatic heterocycles. The third-order valence-electron chi connectivity index (χ3n) is 4.38. The van der Waals surface area contributed by atoms with Gasteiger partial charge in [0.05, 0.1) is 27.0 Å². The fourth-order valence-corrected chi connectivity index (χ4v) is 4.88. The summed E-state index contributed by atoms with van der Waals surface area (Å²) in [6.07, 6.45) is -4.82. The van der Waals surface area contributed by atoms with Crippen LogP contribution in [0.25, 0.3) is 5.69 Å². The van der Waals surface area contributed by atoms with E-state index < -0.39 is 37.6 Å². The lowest BCUT2D eigenvalue weighted by molar-refractivity contribution is -0.137. The van der Waals surface area contributed by atoms with E-state index in [0.29, 0.717) is 22.8 Å². The molecule has 2 aromatic carbocycles. The topological polar surface area (TPSA) is 93.9 Å². The number of amides is 1. The Balaban J connectivity index is 2.03. The van der Waals surface area contributed by atoms with Crippen LogP contribution >= 0.6 is 34.8 Å². The van der Waals surface area contributed by atoms with E-state index in [1.807, 2.05) is 0 Å². The van der Waals surface area contributed by atoms with Gasteiger partial charge in [0, 0.05) is 5.02 Å². The number of hydrogen-bond acceptors (Lipinski definition) is 5. The first-order valence-electron chi connectivity index (χ1n) is 9.07. The number of alkyl halides is 3. The SMILES string of the molecule is CC(C)c1c(C(=O)NS(=O)(=O)c2cc(C(F)(F)F)ccc2Cl)nnn1-c1ccc(Cl)cc1Cl. The summed E-state index contributed by atoms with van der Waals surface area (Å²) in [4.78, 5) is 11.9. The molecule has 7 nitrogen and oxygen atoms in total. The van der Waals surface area contributed by atoms with Gasteiger partial charge >= 0.3 is 6.18 Å². The summed E-state index contributed by atoms with van der Waals surface area (Å²) in [7, 11) is -4.78. The normalized spacial score (nSPS) is 12.3. The minimum atomic E-state index is -4.82. The lowest BCUT2D eigenvalue weighted by Crippen LogP contribution is -2.32. The van der Waals surface area contributed by atoms with Crippen LogP contribution in [-0.2, 0) is 16.2 Å². The summed E-state index contributed by atoms with van der Waals surface area (Å²) in [5.41, 5.74) is -1.06. The van der Waals surface area contributed by atoms with Crippen LogP contribution in [0, 0.1) is 0 Å². The molecule has 14 heteroatoms. The number of nitrogens with one attached hydrogen (secondary N) is 1. The molecule has 0 unspecified atom stereocenters. The van der Waals surface area contributed by atoms with Crippen molar-refractivity contribution in [2.24, 2.45) is 0 Å². The maximum absolute atomic E-state index is 13.0. The number of sulfonamides is 1. The molecule has 1 amide bonds. The monoisotopic (exact) mass is 540 g/mol. The van der Waals surface area contributed by atoms with Gasteiger partial charge in [-0.3, -0.25) is 4.79 Å². The van der Waals surface area contributed by atoms with Gasteiger partial charge in [0.1, 0.15) is 4.90 Å². The molecule has 1 N–H and O–H groups in total. The van der Waals surface area contributed by atoms with Crippen molar-refractivity contribution in [2.75, 3.05) is 0 Å². The number of halogens is 6. The van der Waals surface area contributed by atoms with E-state index in [4.69, 9.17) is 34.8 Å². The third-order valence-corrected chi connectivity index (χ3v) is 6.73. The largest absolute Gasteiger partial charge is 0.416 e. The van der Waals surface area contributed by atoms with Crippen LogP contribution in [0.1, 0.15) is 41.5 Å². The molecule has 176 valence electrons. The molecule has 3 rings (SSSR count). The van der Waals surface area contributed by atoms with Crippen LogP contribution in [0.2, 0.25) is 15.1 Å². The number of aromatic nitrogens is 3. The molecule has 0 bridgehead atoms. The molecule has 33 heavy (non-hydrogen) atoms. The average Bonchev–Trinajstić information content (AvgIpc) is 3.12. The van der Waals surface area contributed by atoms with Crippen molar-refractivity contribution in [1.29, 1.82) is 0 Å². The van der Waals surface area contributed by atoms with Gasteiger partial charge in [0.15, 0.2) is 5.69 Å². The van der Waals surface area contributed by atoms with Crippen LogP contribution in [0.5, 0.6) is 0 Å². The van der Waals surface area contributed by atoms with E-state index in [9.17, 15) is 26.4 Å². The third kappa shape index (κ3) is 5.26. The summed E-state index contributed by atoms with van der Waals surface area (Å²) in [5, 5.41) is 7.72. The van der Waals surface area contributed by atoms with E-state index in [1.54, 1.807) is 18.6 Å². The smallest absolute Gasteiger partial charge is 0.266 e. The van der Waals surface area contributed by atoms with Crippen molar-refractivity contribution in [3.8, 4) is 5.69 Å². The van der Waals surface area contributed by atoms with E-state index in [2.05, 4.69) is 10.3 Å². The highest BCUT2D eigenvalue weighted by Crippen LogP contribution is 2.33. The molecule has 0 saturated heterocycles. The van der Waals surface area contributed by atoms with E-state index in [1.165, 1.54) is 22.9 Å². The zero-order valence-corrected chi connectivity index (χ0v) is 19.9. The van der Waals surface area contributed by atoms with Crippen LogP contribution in [-0.4, -0.2) is 29.3 Å². The molecule has 0 spiro atoms. The van der Waals surface area contributed by atoms with Crippen molar-refractivity contribution in [2.45, 2.75) is 30.8 Å². The molecule has 0 aliphatic carbocycles. The fourth-order valence-electron chi connectivity index (χ4n) is 2.91. The molecule has 3 aromatic rings. The first-order chi connectivity index (χ1) is 15.2. The van der Waals surface area contributed by atoms with Crippen LogP contribution in [0.3, 0.4) is 0 Å². The standard InChI is InChI=1S/C19H14Cl3F3N4O3S/c1-9(2)17-16(26-28-29(17)14-6-4-11(20)8-13(14)22)18(30)27-33(31,32)15-7-10(19(23,24)25)3-5-12(15)21/h3-9H,1-2H3,(H,27,30). The second-order valence-electron chi connectivity index (χ2n) is 7.06. The number of benzene rings is 2. The second kappa shape index (κ2) is 9.13. The second-order valence-corrected chi connectivity index (χ2v) is 9.96. The average molecular weight is 542 g/mol. The predicted octanol–water partition coefficient (Wildman–Crippen LogP) is 5.49. The zero-order valence-electron chi connectivity index (χ0n) is 16.8. The Kier molecular flexibility index (Phi) is 6.99. The minimum Gasteiger partial charge on any atom is -0.266 e. The Bertz CT molecular complexity index is 1340. The molecule has 0 saturated carbocycles. The van der Waals surface area contributed by atoms with Gasteiger partial charge in [0.25, 0.3) is 15.9 Å². The number of rotatable bonds is 5. The maximum atomic E-state index is 13.0. The van der Waals surface area contributed by atoms with Crippen molar-refractivity contribution >= 4 is 50.7 Å². The van der Waals surface area contributed by atoms with E-state index >= 15 is 0 Å². The lowest BCUT2D eigenvalue weighted by Gasteiger charge is -2.13. The summed E-state index contributed by atoms with van der Waals surface area (Å²) in [5.74, 6) is -1.59. The Morgan fingerprint density at radius 3 is 2.30 bits per heavy atom. The van der Waals surface area contributed by atoms with Gasteiger partial charge in [-0.1, -0.05) is 53.9 Å².